The Hall–Kier alpha value is -7.62. The molecule has 0 unspecified atom stereocenters. The minimum Gasteiger partial charge on any atom is -0.309 e. The van der Waals surface area contributed by atoms with Crippen LogP contribution in [0.2, 0.25) is 0 Å². The highest BCUT2D eigenvalue weighted by Crippen LogP contribution is 2.40. The molecule has 0 aliphatic heterocycles. The first-order chi connectivity index (χ1) is 28.3. The minimum atomic E-state index is 1.14. The third-order valence-corrected chi connectivity index (χ3v) is 11.8. The van der Waals surface area contributed by atoms with Crippen LogP contribution in [0.1, 0.15) is 0 Å². The van der Waals surface area contributed by atoms with Gasteiger partial charge in [-0.05, 0) is 95.6 Å². The van der Waals surface area contributed by atoms with Crippen LogP contribution in [0.5, 0.6) is 0 Å². The van der Waals surface area contributed by atoms with Gasteiger partial charge in [-0.15, -0.1) is 0 Å². The number of fused-ring (bicyclic) bond motifs is 9. The molecule has 0 saturated carbocycles. The molecule has 0 spiro atoms. The van der Waals surface area contributed by atoms with Gasteiger partial charge >= 0.3 is 0 Å². The molecule has 0 N–H and O–H groups in total. The van der Waals surface area contributed by atoms with E-state index in [9.17, 15) is 0 Å². The monoisotopic (exact) mass is 725 g/mol. The zero-order valence-electron chi connectivity index (χ0n) is 31.0. The Kier molecular flexibility index (Phi) is 6.93. The molecule has 12 rings (SSSR count). The zero-order valence-corrected chi connectivity index (χ0v) is 31.0. The van der Waals surface area contributed by atoms with E-state index < -0.39 is 0 Å². The highest BCUT2D eigenvalue weighted by Gasteiger charge is 2.19. The quantitative estimate of drug-likeness (QED) is 0.168. The fraction of sp³-hybridized carbons (Fsp3) is 0. The summed E-state index contributed by atoms with van der Waals surface area (Å²) in [7, 11) is 0. The summed E-state index contributed by atoms with van der Waals surface area (Å²) < 4.78 is 7.23. The van der Waals surface area contributed by atoms with Crippen molar-refractivity contribution in [2.45, 2.75) is 0 Å². The number of hydrogen-bond donors (Lipinski definition) is 0. The Morgan fingerprint density at radius 2 is 0.649 bits per heavy atom. The molecule has 3 heteroatoms. The van der Waals surface area contributed by atoms with E-state index in [1.807, 2.05) is 0 Å². The van der Waals surface area contributed by atoms with E-state index in [1.54, 1.807) is 0 Å². The SMILES string of the molecule is c1ccc(-n2c3ccccc3c3cc(-c4cccc(-n5c6ccccc6c6cc(-c7ccccc7-n7c8ccccc8c8ccccc87)ccc65)c4)ccc32)cc1. The second kappa shape index (κ2) is 12.5. The molecular formula is C54H35N3. The van der Waals surface area contributed by atoms with Gasteiger partial charge in [0.2, 0.25) is 0 Å². The van der Waals surface area contributed by atoms with Crippen molar-refractivity contribution >= 4 is 65.4 Å². The van der Waals surface area contributed by atoms with Gasteiger partial charge in [0, 0.05) is 49.3 Å². The van der Waals surface area contributed by atoms with Gasteiger partial charge in [-0.2, -0.15) is 0 Å². The molecule has 12 aromatic rings. The van der Waals surface area contributed by atoms with Crippen molar-refractivity contribution in [3.63, 3.8) is 0 Å². The van der Waals surface area contributed by atoms with Gasteiger partial charge in [0.15, 0.2) is 0 Å². The average molecular weight is 726 g/mol. The normalized spacial score (nSPS) is 11.9. The second-order valence-corrected chi connectivity index (χ2v) is 14.9. The summed E-state index contributed by atoms with van der Waals surface area (Å²) in [6.07, 6.45) is 0. The Labute approximate surface area is 329 Å². The number of aromatic nitrogens is 3. The minimum absolute atomic E-state index is 1.14. The number of rotatable bonds is 5. The smallest absolute Gasteiger partial charge is 0.0541 e. The average Bonchev–Trinajstić information content (AvgIpc) is 3.92. The standard InChI is InChI=1S/C54H35N3/c1-2-16-39(17-3-1)55-49-25-10-7-22-44(49)46-34-37(29-31-53(46)55)36-15-14-18-40(33-36)56-50-26-11-8-23-45(50)47-35-38(30-32-54(47)56)41-19-4-9-24-48(41)57-51-27-12-5-20-42(51)43-21-6-13-28-52(43)57/h1-35H. The lowest BCUT2D eigenvalue weighted by molar-refractivity contribution is 1.18. The maximum atomic E-state index is 2.43. The predicted molar refractivity (Wildman–Crippen MR) is 240 cm³/mol. The van der Waals surface area contributed by atoms with Crippen LogP contribution in [-0.2, 0) is 0 Å². The number of para-hydroxylation sites is 6. The van der Waals surface area contributed by atoms with Gasteiger partial charge in [-0.1, -0.05) is 133 Å². The number of hydrogen-bond acceptors (Lipinski definition) is 0. The maximum absolute atomic E-state index is 2.43. The Balaban J connectivity index is 1.01. The molecule has 0 amide bonds. The van der Waals surface area contributed by atoms with E-state index in [2.05, 4.69) is 226 Å². The van der Waals surface area contributed by atoms with Crippen LogP contribution in [-0.4, -0.2) is 13.7 Å². The first-order valence-electron chi connectivity index (χ1n) is 19.6. The molecule has 0 radical (unpaired) electrons. The fourth-order valence-corrected chi connectivity index (χ4v) is 9.35. The van der Waals surface area contributed by atoms with Gasteiger partial charge in [-0.3, -0.25) is 0 Å². The van der Waals surface area contributed by atoms with Gasteiger partial charge < -0.3 is 13.7 Å². The molecule has 266 valence electrons. The van der Waals surface area contributed by atoms with Crippen molar-refractivity contribution in [2.24, 2.45) is 0 Å². The summed E-state index contributed by atoms with van der Waals surface area (Å²) in [6.45, 7) is 0. The molecular weight excluding hydrogens is 691 g/mol. The van der Waals surface area contributed by atoms with Gasteiger partial charge in [-0.25, -0.2) is 0 Å². The second-order valence-electron chi connectivity index (χ2n) is 14.9. The first-order valence-corrected chi connectivity index (χ1v) is 19.6. The molecule has 0 aliphatic carbocycles. The van der Waals surface area contributed by atoms with E-state index in [0.717, 1.165) is 5.69 Å². The number of benzene rings is 9. The van der Waals surface area contributed by atoms with E-state index in [4.69, 9.17) is 0 Å². The Bertz CT molecular complexity index is 3470. The van der Waals surface area contributed by atoms with Crippen LogP contribution in [0, 0.1) is 0 Å². The third kappa shape index (κ3) is 4.79. The molecule has 0 aliphatic rings. The molecule has 0 saturated heterocycles. The lowest BCUT2D eigenvalue weighted by atomic mass is 10.0. The molecule has 0 bridgehead atoms. The summed E-state index contributed by atoms with van der Waals surface area (Å²) >= 11 is 0. The van der Waals surface area contributed by atoms with E-state index in [1.165, 1.54) is 99.0 Å². The van der Waals surface area contributed by atoms with Gasteiger partial charge in [0.25, 0.3) is 0 Å². The third-order valence-electron chi connectivity index (χ3n) is 11.8. The molecule has 9 aromatic carbocycles. The van der Waals surface area contributed by atoms with Crippen LogP contribution in [0.4, 0.5) is 0 Å². The van der Waals surface area contributed by atoms with Gasteiger partial charge in [0.1, 0.15) is 0 Å². The van der Waals surface area contributed by atoms with Crippen LogP contribution in [0.15, 0.2) is 212 Å². The molecule has 0 atom stereocenters. The molecule has 3 nitrogen and oxygen atoms in total. The summed E-state index contributed by atoms with van der Waals surface area (Å²) in [6, 6.07) is 77.4. The van der Waals surface area contributed by atoms with Crippen LogP contribution >= 0.6 is 0 Å². The van der Waals surface area contributed by atoms with Gasteiger partial charge in [0.05, 0.1) is 38.8 Å². The maximum Gasteiger partial charge on any atom is 0.0541 e. The highest BCUT2D eigenvalue weighted by atomic mass is 15.0. The summed E-state index contributed by atoms with van der Waals surface area (Å²) in [5, 5.41) is 7.52. The van der Waals surface area contributed by atoms with Crippen LogP contribution < -0.4 is 0 Å². The van der Waals surface area contributed by atoms with E-state index in [-0.39, 0.29) is 0 Å². The Morgan fingerprint density at radius 1 is 0.228 bits per heavy atom. The molecule has 0 fully saturated rings. The zero-order chi connectivity index (χ0) is 37.5. The van der Waals surface area contributed by atoms with Crippen molar-refractivity contribution < 1.29 is 0 Å². The van der Waals surface area contributed by atoms with Crippen LogP contribution in [0.25, 0.3) is 105 Å². The summed E-state index contributed by atoms with van der Waals surface area (Å²) in [4.78, 5) is 0. The lowest BCUT2D eigenvalue weighted by Gasteiger charge is -2.14. The van der Waals surface area contributed by atoms with E-state index >= 15 is 0 Å². The van der Waals surface area contributed by atoms with E-state index in [0.29, 0.717) is 0 Å². The first kappa shape index (κ1) is 31.7. The Morgan fingerprint density at radius 3 is 1.28 bits per heavy atom. The van der Waals surface area contributed by atoms with Crippen molar-refractivity contribution in [3.05, 3.63) is 212 Å². The predicted octanol–water partition coefficient (Wildman–Crippen LogP) is 14.3. The number of nitrogens with zero attached hydrogens (tertiary/aromatic N) is 3. The van der Waals surface area contributed by atoms with Crippen molar-refractivity contribution in [1.82, 2.24) is 13.7 Å². The van der Waals surface area contributed by atoms with Crippen molar-refractivity contribution in [3.8, 4) is 39.3 Å². The lowest BCUT2D eigenvalue weighted by Crippen LogP contribution is -1.97. The summed E-state index contributed by atoms with van der Waals surface area (Å²) in [5.74, 6) is 0. The largest absolute Gasteiger partial charge is 0.309 e. The molecule has 3 aromatic heterocycles. The van der Waals surface area contributed by atoms with Crippen molar-refractivity contribution in [2.75, 3.05) is 0 Å². The van der Waals surface area contributed by atoms with Crippen LogP contribution in [0.3, 0.4) is 0 Å². The topological polar surface area (TPSA) is 14.8 Å². The fourth-order valence-electron chi connectivity index (χ4n) is 9.35. The summed E-state index contributed by atoms with van der Waals surface area (Å²) in [5.41, 5.74) is 15.5. The molecule has 3 heterocycles. The highest BCUT2D eigenvalue weighted by molar-refractivity contribution is 6.13. The van der Waals surface area contributed by atoms with Crippen molar-refractivity contribution in [1.29, 1.82) is 0 Å². The molecule has 57 heavy (non-hydrogen) atoms.